The Balaban J connectivity index is 1.39. The predicted octanol–water partition coefficient (Wildman–Crippen LogP) is 2.30. The van der Waals surface area contributed by atoms with Gasteiger partial charge in [0.2, 0.25) is 0 Å². The summed E-state index contributed by atoms with van der Waals surface area (Å²) in [7, 11) is 1.73. The Morgan fingerprint density at radius 3 is 3.08 bits per heavy atom. The van der Waals surface area contributed by atoms with Gasteiger partial charge in [0.1, 0.15) is 0 Å². The molecule has 1 fully saturated rings. The van der Waals surface area contributed by atoms with Crippen LogP contribution in [-0.2, 0) is 11.2 Å². The number of hydrogen-bond acceptors (Lipinski definition) is 4. The predicted molar refractivity (Wildman–Crippen MR) is 97.2 cm³/mol. The van der Waals surface area contributed by atoms with Crippen LogP contribution < -0.4 is 10.6 Å². The molecule has 2 amide bonds. The molecule has 1 atom stereocenters. The summed E-state index contributed by atoms with van der Waals surface area (Å²) in [4.78, 5) is 26.2. The average molecular weight is 345 g/mol. The SMILES string of the molecule is COCCCN1CC[C@H](CNC(=O)Nc2ccc3c(c2)CCC3=O)C1. The van der Waals surface area contributed by atoms with Gasteiger partial charge in [-0.1, -0.05) is 0 Å². The molecule has 0 aromatic heterocycles. The minimum absolute atomic E-state index is 0.179. The highest BCUT2D eigenvalue weighted by molar-refractivity contribution is 6.01. The number of fused-ring (bicyclic) bond motifs is 1. The molecule has 136 valence electrons. The second-order valence-electron chi connectivity index (χ2n) is 6.93. The molecule has 0 saturated carbocycles. The van der Waals surface area contributed by atoms with Crippen LogP contribution >= 0.6 is 0 Å². The highest BCUT2D eigenvalue weighted by Gasteiger charge is 2.23. The summed E-state index contributed by atoms with van der Waals surface area (Å²) in [5.41, 5.74) is 2.58. The zero-order valence-electron chi connectivity index (χ0n) is 14.8. The second-order valence-corrected chi connectivity index (χ2v) is 6.93. The Morgan fingerprint density at radius 1 is 1.36 bits per heavy atom. The highest BCUT2D eigenvalue weighted by atomic mass is 16.5. The van der Waals surface area contributed by atoms with Gasteiger partial charge in [-0.25, -0.2) is 4.79 Å². The van der Waals surface area contributed by atoms with E-state index >= 15 is 0 Å². The minimum atomic E-state index is -0.179. The van der Waals surface area contributed by atoms with Crippen LogP contribution in [0.4, 0.5) is 10.5 Å². The van der Waals surface area contributed by atoms with Crippen molar-refractivity contribution in [1.29, 1.82) is 0 Å². The van der Waals surface area contributed by atoms with Gasteiger partial charge in [-0.3, -0.25) is 4.79 Å². The number of rotatable bonds is 7. The van der Waals surface area contributed by atoms with Gasteiger partial charge >= 0.3 is 6.03 Å². The number of methoxy groups -OCH3 is 1. The van der Waals surface area contributed by atoms with Crippen LogP contribution in [0.1, 0.15) is 35.2 Å². The maximum Gasteiger partial charge on any atom is 0.319 e. The number of amides is 2. The van der Waals surface area contributed by atoms with Crippen LogP contribution in [0.2, 0.25) is 0 Å². The maximum absolute atomic E-state index is 12.1. The number of Topliss-reactive ketones (excluding diaryl/α,β-unsaturated/α-hetero) is 1. The van der Waals surface area contributed by atoms with Crippen LogP contribution in [0.3, 0.4) is 0 Å². The molecule has 0 unspecified atom stereocenters. The van der Waals surface area contributed by atoms with Crippen LogP contribution in [0.15, 0.2) is 18.2 Å². The van der Waals surface area contributed by atoms with E-state index < -0.39 is 0 Å². The number of carbonyl (C=O) groups excluding carboxylic acids is 2. The molecule has 6 nitrogen and oxygen atoms in total. The molecule has 1 aliphatic heterocycles. The highest BCUT2D eigenvalue weighted by Crippen LogP contribution is 2.25. The number of urea groups is 1. The van der Waals surface area contributed by atoms with E-state index in [1.807, 2.05) is 12.1 Å². The van der Waals surface area contributed by atoms with Gasteiger partial charge in [-0.05, 0) is 55.5 Å². The molecule has 1 aromatic rings. The third-order valence-electron chi connectivity index (χ3n) is 5.03. The molecule has 6 heteroatoms. The van der Waals surface area contributed by atoms with E-state index in [1.165, 1.54) is 0 Å². The molecule has 2 N–H and O–H groups in total. The van der Waals surface area contributed by atoms with Crippen molar-refractivity contribution in [3.63, 3.8) is 0 Å². The number of aryl methyl sites for hydroxylation is 1. The normalized spacial score (nSPS) is 19.9. The zero-order valence-corrected chi connectivity index (χ0v) is 14.8. The monoisotopic (exact) mass is 345 g/mol. The maximum atomic E-state index is 12.1. The number of nitrogens with zero attached hydrogens (tertiary/aromatic N) is 1. The lowest BCUT2D eigenvalue weighted by Crippen LogP contribution is -2.34. The lowest BCUT2D eigenvalue weighted by atomic mass is 10.1. The summed E-state index contributed by atoms with van der Waals surface area (Å²) in [6.45, 7) is 4.68. The van der Waals surface area contributed by atoms with Gasteiger partial charge in [0.05, 0.1) is 0 Å². The standard InChI is InChI=1S/C19H27N3O3/c1-25-10-2-8-22-9-7-14(13-22)12-20-19(24)21-16-4-5-17-15(11-16)3-6-18(17)23/h4-5,11,14H,2-3,6-10,12-13H2,1H3,(H2,20,21,24)/t14-/m1/s1. The number of benzene rings is 1. The van der Waals surface area contributed by atoms with Crippen molar-refractivity contribution in [3.8, 4) is 0 Å². The van der Waals surface area contributed by atoms with Crippen molar-refractivity contribution in [2.45, 2.75) is 25.7 Å². The summed E-state index contributed by atoms with van der Waals surface area (Å²) in [6.07, 6.45) is 3.52. The van der Waals surface area contributed by atoms with Gasteiger partial charge in [-0.15, -0.1) is 0 Å². The zero-order chi connectivity index (χ0) is 17.6. The molecule has 0 bridgehead atoms. The first kappa shape index (κ1) is 17.9. The van der Waals surface area contributed by atoms with E-state index in [1.54, 1.807) is 13.2 Å². The molecule has 3 rings (SSSR count). The topological polar surface area (TPSA) is 70.7 Å². The van der Waals surface area contributed by atoms with E-state index in [-0.39, 0.29) is 11.8 Å². The largest absolute Gasteiger partial charge is 0.385 e. The Bertz CT molecular complexity index is 632. The second kappa shape index (κ2) is 8.45. The Morgan fingerprint density at radius 2 is 2.24 bits per heavy atom. The Labute approximate surface area is 148 Å². The third-order valence-corrected chi connectivity index (χ3v) is 5.03. The Hall–Kier alpha value is -1.92. The molecule has 1 heterocycles. The lowest BCUT2D eigenvalue weighted by molar-refractivity contribution is 0.0994. The first-order chi connectivity index (χ1) is 12.2. The van der Waals surface area contributed by atoms with E-state index in [2.05, 4.69) is 15.5 Å². The van der Waals surface area contributed by atoms with E-state index in [0.717, 1.165) is 62.3 Å². The molecule has 25 heavy (non-hydrogen) atoms. The van der Waals surface area contributed by atoms with Gasteiger partial charge in [0, 0.05) is 51.0 Å². The molecule has 2 aliphatic rings. The summed E-state index contributed by atoms with van der Waals surface area (Å²) in [5, 5.41) is 5.84. The fourth-order valence-corrected chi connectivity index (χ4v) is 3.66. The molecule has 0 spiro atoms. The van der Waals surface area contributed by atoms with Crippen molar-refractivity contribution in [3.05, 3.63) is 29.3 Å². The summed E-state index contributed by atoms with van der Waals surface area (Å²) < 4.78 is 5.09. The van der Waals surface area contributed by atoms with E-state index in [9.17, 15) is 9.59 Å². The van der Waals surface area contributed by atoms with Crippen molar-refractivity contribution >= 4 is 17.5 Å². The first-order valence-corrected chi connectivity index (χ1v) is 9.08. The molecule has 1 saturated heterocycles. The van der Waals surface area contributed by atoms with E-state index in [4.69, 9.17) is 4.74 Å². The smallest absolute Gasteiger partial charge is 0.319 e. The Kier molecular flexibility index (Phi) is 6.04. The quantitative estimate of drug-likeness (QED) is 0.744. The van der Waals surface area contributed by atoms with E-state index in [0.29, 0.717) is 18.9 Å². The van der Waals surface area contributed by atoms with Crippen LogP contribution in [0.5, 0.6) is 0 Å². The number of carbonyl (C=O) groups is 2. The van der Waals surface area contributed by atoms with Crippen LogP contribution in [-0.4, -0.2) is 56.6 Å². The number of likely N-dealkylation sites (tertiary alicyclic amines) is 1. The molecule has 1 aliphatic carbocycles. The van der Waals surface area contributed by atoms with Crippen LogP contribution in [0.25, 0.3) is 0 Å². The summed E-state index contributed by atoms with van der Waals surface area (Å²) >= 11 is 0. The molecule has 1 aromatic carbocycles. The van der Waals surface area contributed by atoms with Gasteiger partial charge < -0.3 is 20.3 Å². The van der Waals surface area contributed by atoms with Gasteiger partial charge in [0.15, 0.2) is 5.78 Å². The lowest BCUT2D eigenvalue weighted by Gasteiger charge is -2.16. The molecular formula is C19H27N3O3. The van der Waals surface area contributed by atoms with Crippen molar-refractivity contribution in [2.24, 2.45) is 5.92 Å². The fraction of sp³-hybridized carbons (Fsp3) is 0.579. The van der Waals surface area contributed by atoms with Gasteiger partial charge in [-0.2, -0.15) is 0 Å². The third kappa shape index (κ3) is 4.80. The summed E-state index contributed by atoms with van der Waals surface area (Å²) in [5.74, 6) is 0.702. The number of ketones is 1. The number of nitrogens with one attached hydrogen (secondary N) is 2. The average Bonchev–Trinajstić information content (AvgIpc) is 3.20. The minimum Gasteiger partial charge on any atom is -0.385 e. The number of ether oxygens (including phenoxy) is 1. The first-order valence-electron chi connectivity index (χ1n) is 9.08. The molecule has 0 radical (unpaired) electrons. The van der Waals surface area contributed by atoms with Crippen LogP contribution in [0, 0.1) is 5.92 Å². The summed E-state index contributed by atoms with van der Waals surface area (Å²) in [6, 6.07) is 5.35. The van der Waals surface area contributed by atoms with Crippen molar-refractivity contribution < 1.29 is 14.3 Å². The van der Waals surface area contributed by atoms with Gasteiger partial charge in [0.25, 0.3) is 0 Å². The van der Waals surface area contributed by atoms with Crippen molar-refractivity contribution in [1.82, 2.24) is 10.2 Å². The fourth-order valence-electron chi connectivity index (χ4n) is 3.66. The van der Waals surface area contributed by atoms with Crippen molar-refractivity contribution in [2.75, 3.05) is 45.2 Å². The number of anilines is 1. The number of hydrogen-bond donors (Lipinski definition) is 2. The molecular weight excluding hydrogens is 318 g/mol.